The van der Waals surface area contributed by atoms with E-state index in [1.165, 1.54) is 0 Å². The first-order chi connectivity index (χ1) is 17.8. The monoisotopic (exact) mass is 504 g/mol. The Bertz CT molecular complexity index is 939. The maximum absolute atomic E-state index is 5.96. The van der Waals surface area contributed by atoms with E-state index >= 15 is 0 Å². The molecule has 198 valence electrons. The van der Waals surface area contributed by atoms with E-state index in [2.05, 4.69) is 9.97 Å². The predicted molar refractivity (Wildman–Crippen MR) is 135 cm³/mol. The van der Waals surface area contributed by atoms with Crippen molar-refractivity contribution in [1.82, 2.24) is 9.97 Å². The lowest BCUT2D eigenvalue weighted by molar-refractivity contribution is 0.0180. The molecular weight excluding hydrogens is 468 g/mol. The van der Waals surface area contributed by atoms with Crippen molar-refractivity contribution in [2.24, 2.45) is 0 Å². The Morgan fingerprint density at radius 2 is 0.833 bits per heavy atom. The second kappa shape index (κ2) is 17.0. The van der Waals surface area contributed by atoms with Crippen LogP contribution < -0.4 is 9.47 Å². The Labute approximate surface area is 211 Å². The van der Waals surface area contributed by atoms with Gasteiger partial charge in [0.1, 0.15) is 35.7 Å². The summed E-state index contributed by atoms with van der Waals surface area (Å²) in [5, 5.41) is 1.77. The van der Waals surface area contributed by atoms with E-state index in [0.29, 0.717) is 79.3 Å². The van der Waals surface area contributed by atoms with E-state index in [1.807, 2.05) is 24.3 Å². The fourth-order valence-corrected chi connectivity index (χ4v) is 3.38. The smallest absolute Gasteiger partial charge is 0.130 e. The normalized spacial score (nSPS) is 11.4. The number of ether oxygens (including phenoxy) is 8. The minimum atomic E-state index is 0.420. The molecule has 0 radical (unpaired) electrons. The first-order valence-corrected chi connectivity index (χ1v) is 12.1. The third kappa shape index (κ3) is 9.12. The van der Waals surface area contributed by atoms with Crippen LogP contribution in [-0.2, 0) is 28.4 Å². The van der Waals surface area contributed by atoms with Gasteiger partial charge in [0, 0.05) is 37.4 Å². The molecule has 0 N–H and O–H groups in total. The van der Waals surface area contributed by atoms with Gasteiger partial charge in [-0.2, -0.15) is 0 Å². The van der Waals surface area contributed by atoms with Gasteiger partial charge < -0.3 is 37.9 Å². The van der Waals surface area contributed by atoms with Crippen LogP contribution in [0, 0.1) is 0 Å². The summed E-state index contributed by atoms with van der Waals surface area (Å²) < 4.78 is 43.6. The zero-order valence-electron chi connectivity index (χ0n) is 21.1. The van der Waals surface area contributed by atoms with Crippen LogP contribution >= 0.6 is 0 Å². The number of hydrogen-bond acceptors (Lipinski definition) is 10. The van der Waals surface area contributed by atoms with Crippen molar-refractivity contribution in [3.63, 3.8) is 0 Å². The average Bonchev–Trinajstić information content (AvgIpc) is 2.91. The quantitative estimate of drug-likeness (QED) is 0.169. The van der Waals surface area contributed by atoms with E-state index in [-0.39, 0.29) is 0 Å². The Morgan fingerprint density at radius 3 is 1.22 bits per heavy atom. The molecule has 3 aromatic rings. The van der Waals surface area contributed by atoms with E-state index in [9.17, 15) is 0 Å². The van der Waals surface area contributed by atoms with Crippen LogP contribution in [0.2, 0.25) is 0 Å². The van der Waals surface area contributed by atoms with Gasteiger partial charge in [0.05, 0.1) is 66.1 Å². The van der Waals surface area contributed by atoms with Gasteiger partial charge in [0.25, 0.3) is 0 Å². The molecule has 0 aliphatic carbocycles. The molecule has 0 saturated heterocycles. The SMILES string of the molecule is COCCOCCOCCOc1ccnc2c1ccc1c(OCCOCCOCCOC)ccnc12. The van der Waals surface area contributed by atoms with Crippen LogP contribution in [0.25, 0.3) is 21.8 Å². The zero-order chi connectivity index (χ0) is 25.3. The van der Waals surface area contributed by atoms with Crippen molar-refractivity contribution < 1.29 is 37.9 Å². The highest BCUT2D eigenvalue weighted by Gasteiger charge is 2.11. The van der Waals surface area contributed by atoms with Gasteiger partial charge >= 0.3 is 0 Å². The van der Waals surface area contributed by atoms with Crippen molar-refractivity contribution in [3.05, 3.63) is 36.7 Å². The summed E-state index contributed by atoms with van der Waals surface area (Å²) >= 11 is 0. The van der Waals surface area contributed by atoms with Crippen molar-refractivity contribution in [3.8, 4) is 11.5 Å². The van der Waals surface area contributed by atoms with E-state index in [1.54, 1.807) is 26.6 Å². The van der Waals surface area contributed by atoms with Gasteiger partial charge in [-0.05, 0) is 24.3 Å². The Hall–Kier alpha value is -2.60. The number of pyridine rings is 2. The molecule has 0 aliphatic heterocycles. The van der Waals surface area contributed by atoms with Crippen LogP contribution in [0.5, 0.6) is 11.5 Å². The highest BCUT2D eigenvalue weighted by atomic mass is 16.6. The van der Waals surface area contributed by atoms with Gasteiger partial charge in [-0.25, -0.2) is 0 Å². The standard InChI is InChI=1S/C26H36N2O8/c1-29-9-11-31-13-15-33-17-19-35-23-5-7-27-25-21(23)3-4-22-24(6-8-28-26(22)25)36-20-18-34-16-14-32-12-10-30-2/h3-8H,9-20H2,1-2H3. The van der Waals surface area contributed by atoms with Crippen LogP contribution in [0.3, 0.4) is 0 Å². The highest BCUT2D eigenvalue weighted by molar-refractivity contribution is 6.06. The van der Waals surface area contributed by atoms with Crippen molar-refractivity contribution in [1.29, 1.82) is 0 Å². The molecule has 36 heavy (non-hydrogen) atoms. The van der Waals surface area contributed by atoms with Crippen molar-refractivity contribution in [2.45, 2.75) is 0 Å². The van der Waals surface area contributed by atoms with Gasteiger partial charge in [0.2, 0.25) is 0 Å². The van der Waals surface area contributed by atoms with Crippen molar-refractivity contribution >= 4 is 21.8 Å². The Kier molecular flexibility index (Phi) is 13.2. The van der Waals surface area contributed by atoms with Crippen LogP contribution in [0.4, 0.5) is 0 Å². The summed E-state index contributed by atoms with van der Waals surface area (Å²) in [6.07, 6.45) is 3.44. The van der Waals surface area contributed by atoms with E-state index in [4.69, 9.17) is 37.9 Å². The largest absolute Gasteiger partial charge is 0.490 e. The number of nitrogens with zero attached hydrogens (tertiary/aromatic N) is 2. The van der Waals surface area contributed by atoms with Gasteiger partial charge in [-0.15, -0.1) is 0 Å². The molecule has 0 atom stereocenters. The lowest BCUT2D eigenvalue weighted by Crippen LogP contribution is -2.12. The third-order valence-corrected chi connectivity index (χ3v) is 5.12. The predicted octanol–water partition coefficient (Wildman–Crippen LogP) is 2.90. The average molecular weight is 505 g/mol. The molecule has 10 nitrogen and oxygen atoms in total. The number of rotatable bonds is 20. The summed E-state index contributed by atoms with van der Waals surface area (Å²) in [6, 6.07) is 7.65. The van der Waals surface area contributed by atoms with Gasteiger partial charge in [0.15, 0.2) is 0 Å². The molecule has 2 heterocycles. The zero-order valence-corrected chi connectivity index (χ0v) is 21.1. The summed E-state index contributed by atoms with van der Waals surface area (Å²) in [7, 11) is 3.29. The summed E-state index contributed by atoms with van der Waals surface area (Å²) in [5.41, 5.74) is 1.51. The second-order valence-corrected chi connectivity index (χ2v) is 7.61. The Balaban J connectivity index is 1.49. The van der Waals surface area contributed by atoms with Gasteiger partial charge in [-0.3, -0.25) is 9.97 Å². The first kappa shape index (κ1) is 28.0. The first-order valence-electron chi connectivity index (χ1n) is 12.1. The molecule has 10 heteroatoms. The molecule has 0 bridgehead atoms. The second-order valence-electron chi connectivity index (χ2n) is 7.61. The third-order valence-electron chi connectivity index (χ3n) is 5.12. The van der Waals surface area contributed by atoms with E-state index < -0.39 is 0 Å². The molecule has 0 unspecified atom stereocenters. The fraction of sp³-hybridized carbons (Fsp3) is 0.538. The maximum atomic E-state index is 5.96. The van der Waals surface area contributed by atoms with Crippen LogP contribution in [0.15, 0.2) is 36.7 Å². The molecule has 2 aromatic heterocycles. The number of fused-ring (bicyclic) bond motifs is 3. The molecule has 0 aliphatic rings. The number of methoxy groups -OCH3 is 2. The molecule has 0 saturated carbocycles. The minimum absolute atomic E-state index is 0.420. The number of benzene rings is 1. The summed E-state index contributed by atoms with van der Waals surface area (Å²) in [4.78, 5) is 9.10. The van der Waals surface area contributed by atoms with Crippen LogP contribution in [-0.4, -0.2) is 103 Å². The molecule has 0 spiro atoms. The highest BCUT2D eigenvalue weighted by Crippen LogP contribution is 2.32. The number of aromatic nitrogens is 2. The van der Waals surface area contributed by atoms with E-state index in [0.717, 1.165) is 33.3 Å². The maximum Gasteiger partial charge on any atom is 0.130 e. The fourth-order valence-electron chi connectivity index (χ4n) is 3.38. The Morgan fingerprint density at radius 1 is 0.472 bits per heavy atom. The molecule has 0 fully saturated rings. The number of hydrogen-bond donors (Lipinski definition) is 0. The lowest BCUT2D eigenvalue weighted by atomic mass is 10.1. The minimum Gasteiger partial charge on any atom is -0.490 e. The topological polar surface area (TPSA) is 99.6 Å². The molecule has 0 amide bonds. The summed E-state index contributed by atoms with van der Waals surface area (Å²) in [5.74, 6) is 1.46. The van der Waals surface area contributed by atoms with Crippen LogP contribution in [0.1, 0.15) is 0 Å². The van der Waals surface area contributed by atoms with Gasteiger partial charge in [-0.1, -0.05) is 0 Å². The summed E-state index contributed by atoms with van der Waals surface area (Å²) in [6.45, 7) is 6.12. The lowest BCUT2D eigenvalue weighted by Gasteiger charge is -2.13. The molecular formula is C26H36N2O8. The molecule has 3 rings (SSSR count). The molecule has 1 aromatic carbocycles. The van der Waals surface area contributed by atoms with Crippen molar-refractivity contribution in [2.75, 3.05) is 93.5 Å².